The molecule has 3 aromatic rings. The molecule has 0 saturated carbocycles. The van der Waals surface area contributed by atoms with Crippen LogP contribution in [0.15, 0.2) is 48.5 Å². The molecule has 0 aliphatic rings. The quantitative estimate of drug-likeness (QED) is 0.755. The normalized spacial score (nSPS) is 11.1. The number of nitrogens with zero attached hydrogens (tertiary/aromatic N) is 1. The second-order valence-electron chi connectivity index (χ2n) is 6.03. The maximum Gasteiger partial charge on any atom is 0.220 e. The Bertz CT molecular complexity index is 806. The van der Waals surface area contributed by atoms with E-state index >= 15 is 0 Å². The van der Waals surface area contributed by atoms with Gasteiger partial charge in [0.15, 0.2) is 0 Å². The molecule has 0 aliphatic carbocycles. The minimum atomic E-state index is 0.0923. The summed E-state index contributed by atoms with van der Waals surface area (Å²) in [7, 11) is 0. The van der Waals surface area contributed by atoms with Crippen LogP contribution < -0.4 is 5.32 Å². The molecular formula is C19H21N3O. The summed E-state index contributed by atoms with van der Waals surface area (Å²) in [5, 5.41) is 2.92. The van der Waals surface area contributed by atoms with Crippen molar-refractivity contribution in [1.29, 1.82) is 0 Å². The molecule has 0 saturated heterocycles. The van der Waals surface area contributed by atoms with Crippen LogP contribution in [0.25, 0.3) is 22.4 Å². The summed E-state index contributed by atoms with van der Waals surface area (Å²) >= 11 is 0. The molecule has 0 bridgehead atoms. The van der Waals surface area contributed by atoms with Gasteiger partial charge in [0.05, 0.1) is 11.0 Å². The number of aromatic amines is 1. The number of benzene rings is 2. The van der Waals surface area contributed by atoms with E-state index < -0.39 is 0 Å². The molecule has 1 heterocycles. The molecule has 2 N–H and O–H groups in total. The maximum absolute atomic E-state index is 11.7. The number of hydrogen-bond acceptors (Lipinski definition) is 2. The Balaban J connectivity index is 1.76. The van der Waals surface area contributed by atoms with Crippen LogP contribution in [0.4, 0.5) is 0 Å². The highest BCUT2D eigenvalue weighted by atomic mass is 16.1. The van der Waals surface area contributed by atoms with Crippen molar-refractivity contribution in [2.75, 3.05) is 0 Å². The average molecular weight is 307 g/mol. The first-order valence-electron chi connectivity index (χ1n) is 7.95. The highest BCUT2D eigenvalue weighted by Crippen LogP contribution is 2.21. The summed E-state index contributed by atoms with van der Waals surface area (Å²) in [6.45, 7) is 3.94. The largest absolute Gasteiger partial charge is 0.354 e. The van der Waals surface area contributed by atoms with Crippen molar-refractivity contribution in [3.05, 3.63) is 54.1 Å². The number of H-pyrrole nitrogens is 1. The Morgan fingerprint density at radius 2 is 1.96 bits per heavy atom. The first-order valence-corrected chi connectivity index (χ1v) is 7.95. The zero-order valence-corrected chi connectivity index (χ0v) is 13.5. The Morgan fingerprint density at radius 1 is 1.17 bits per heavy atom. The van der Waals surface area contributed by atoms with E-state index in [2.05, 4.69) is 21.4 Å². The van der Waals surface area contributed by atoms with E-state index in [4.69, 9.17) is 0 Å². The van der Waals surface area contributed by atoms with Crippen molar-refractivity contribution in [2.24, 2.45) is 0 Å². The molecule has 4 nitrogen and oxygen atoms in total. The summed E-state index contributed by atoms with van der Waals surface area (Å²) in [6.07, 6.45) is 1.23. The molecule has 3 rings (SSSR count). The molecule has 0 aliphatic heterocycles. The topological polar surface area (TPSA) is 57.8 Å². The third-order valence-electron chi connectivity index (χ3n) is 3.68. The molecule has 0 fully saturated rings. The second kappa shape index (κ2) is 6.65. The Hall–Kier alpha value is -2.62. The van der Waals surface area contributed by atoms with Gasteiger partial charge in [-0.25, -0.2) is 4.98 Å². The zero-order chi connectivity index (χ0) is 16.2. The third-order valence-corrected chi connectivity index (χ3v) is 3.68. The number of imidazole rings is 1. The van der Waals surface area contributed by atoms with E-state index in [0.29, 0.717) is 6.42 Å². The van der Waals surface area contributed by atoms with Crippen molar-refractivity contribution >= 4 is 16.9 Å². The lowest BCUT2D eigenvalue weighted by molar-refractivity contribution is -0.121. The number of carbonyl (C=O) groups is 1. The second-order valence-corrected chi connectivity index (χ2v) is 6.03. The van der Waals surface area contributed by atoms with Gasteiger partial charge in [-0.15, -0.1) is 0 Å². The van der Waals surface area contributed by atoms with Crippen LogP contribution in [0.2, 0.25) is 0 Å². The first kappa shape index (κ1) is 15.3. The summed E-state index contributed by atoms with van der Waals surface area (Å²) in [4.78, 5) is 19.7. The fourth-order valence-corrected chi connectivity index (χ4v) is 2.60. The van der Waals surface area contributed by atoms with Gasteiger partial charge in [-0.1, -0.05) is 36.4 Å². The predicted octanol–water partition coefficient (Wildman–Crippen LogP) is 3.69. The monoisotopic (exact) mass is 307 g/mol. The third kappa shape index (κ3) is 3.77. The fourth-order valence-electron chi connectivity index (χ4n) is 2.60. The van der Waals surface area contributed by atoms with E-state index in [-0.39, 0.29) is 11.9 Å². The Labute approximate surface area is 136 Å². The molecule has 2 aromatic carbocycles. The number of aryl methyl sites for hydroxylation is 1. The maximum atomic E-state index is 11.7. The first-order chi connectivity index (χ1) is 11.1. The van der Waals surface area contributed by atoms with Crippen LogP contribution in [0.1, 0.15) is 25.8 Å². The number of rotatable bonds is 5. The van der Waals surface area contributed by atoms with E-state index in [1.54, 1.807) is 0 Å². The number of aromatic nitrogens is 2. The predicted molar refractivity (Wildman–Crippen MR) is 93.1 cm³/mol. The number of fused-ring (bicyclic) bond motifs is 1. The van der Waals surface area contributed by atoms with Crippen LogP contribution in [-0.2, 0) is 11.2 Å². The van der Waals surface area contributed by atoms with Crippen LogP contribution in [0.5, 0.6) is 0 Å². The SMILES string of the molecule is CC(C)NC(=O)CCc1ccc2nc(-c3ccccc3)[nH]c2c1. The van der Waals surface area contributed by atoms with E-state index in [9.17, 15) is 4.79 Å². The fraction of sp³-hybridized carbons (Fsp3) is 0.263. The van der Waals surface area contributed by atoms with Crippen molar-refractivity contribution in [2.45, 2.75) is 32.7 Å². The Kier molecular flexibility index (Phi) is 4.42. The van der Waals surface area contributed by atoms with Gasteiger partial charge < -0.3 is 10.3 Å². The van der Waals surface area contributed by atoms with Gasteiger partial charge >= 0.3 is 0 Å². The van der Waals surface area contributed by atoms with Gasteiger partial charge in [-0.05, 0) is 38.0 Å². The van der Waals surface area contributed by atoms with E-state index in [0.717, 1.165) is 34.4 Å². The van der Waals surface area contributed by atoms with Crippen LogP contribution in [0.3, 0.4) is 0 Å². The molecule has 1 amide bonds. The van der Waals surface area contributed by atoms with Gasteiger partial charge in [0.1, 0.15) is 5.82 Å². The lowest BCUT2D eigenvalue weighted by Crippen LogP contribution is -2.30. The molecular weight excluding hydrogens is 286 g/mol. The van der Waals surface area contributed by atoms with E-state index in [1.807, 2.05) is 56.3 Å². The number of hydrogen-bond donors (Lipinski definition) is 2. The molecule has 118 valence electrons. The molecule has 0 radical (unpaired) electrons. The summed E-state index contributed by atoms with van der Waals surface area (Å²) in [5.41, 5.74) is 4.16. The smallest absolute Gasteiger partial charge is 0.220 e. The molecule has 1 aromatic heterocycles. The summed E-state index contributed by atoms with van der Waals surface area (Å²) < 4.78 is 0. The molecule has 23 heavy (non-hydrogen) atoms. The molecule has 0 unspecified atom stereocenters. The van der Waals surface area contributed by atoms with Gasteiger partial charge in [-0.2, -0.15) is 0 Å². The molecule has 0 spiro atoms. The van der Waals surface area contributed by atoms with Gasteiger partial charge in [0, 0.05) is 18.0 Å². The standard InChI is InChI=1S/C19H21N3O/c1-13(2)20-18(23)11-9-14-8-10-16-17(12-14)22-19(21-16)15-6-4-3-5-7-15/h3-8,10,12-13H,9,11H2,1-2H3,(H,20,23)(H,21,22). The van der Waals surface area contributed by atoms with Crippen molar-refractivity contribution < 1.29 is 4.79 Å². The lowest BCUT2D eigenvalue weighted by atomic mass is 10.1. The van der Waals surface area contributed by atoms with Crippen LogP contribution in [0, 0.1) is 0 Å². The average Bonchev–Trinajstić information content (AvgIpc) is 2.96. The number of nitrogens with one attached hydrogen (secondary N) is 2. The van der Waals surface area contributed by atoms with Crippen molar-refractivity contribution in [1.82, 2.24) is 15.3 Å². The highest BCUT2D eigenvalue weighted by Gasteiger charge is 2.07. The number of carbonyl (C=O) groups excluding carboxylic acids is 1. The summed E-state index contributed by atoms with van der Waals surface area (Å²) in [5.74, 6) is 0.963. The van der Waals surface area contributed by atoms with E-state index in [1.165, 1.54) is 0 Å². The molecule has 0 atom stereocenters. The minimum Gasteiger partial charge on any atom is -0.354 e. The van der Waals surface area contributed by atoms with Gasteiger partial charge in [-0.3, -0.25) is 4.79 Å². The van der Waals surface area contributed by atoms with Gasteiger partial charge in [0.25, 0.3) is 0 Å². The van der Waals surface area contributed by atoms with Crippen LogP contribution in [-0.4, -0.2) is 21.9 Å². The highest BCUT2D eigenvalue weighted by molar-refractivity contribution is 5.80. The molecule has 4 heteroatoms. The van der Waals surface area contributed by atoms with Crippen molar-refractivity contribution in [3.63, 3.8) is 0 Å². The number of amides is 1. The van der Waals surface area contributed by atoms with Crippen LogP contribution >= 0.6 is 0 Å². The zero-order valence-electron chi connectivity index (χ0n) is 13.5. The summed E-state index contributed by atoms with van der Waals surface area (Å²) in [6, 6.07) is 16.4. The minimum absolute atomic E-state index is 0.0923. The lowest BCUT2D eigenvalue weighted by Gasteiger charge is -2.07. The Morgan fingerprint density at radius 3 is 2.70 bits per heavy atom. The van der Waals surface area contributed by atoms with Crippen molar-refractivity contribution in [3.8, 4) is 11.4 Å². The van der Waals surface area contributed by atoms with Gasteiger partial charge in [0.2, 0.25) is 5.91 Å².